The maximum atomic E-state index is 13.2. The van der Waals surface area contributed by atoms with Gasteiger partial charge in [-0.15, -0.1) is 0 Å². The second kappa shape index (κ2) is 8.02. The van der Waals surface area contributed by atoms with E-state index >= 15 is 0 Å². The van der Waals surface area contributed by atoms with Gasteiger partial charge >= 0.3 is 5.69 Å². The van der Waals surface area contributed by atoms with E-state index in [2.05, 4.69) is 5.32 Å². The number of carbonyl (C=O) groups is 1. The third kappa shape index (κ3) is 3.87. The summed E-state index contributed by atoms with van der Waals surface area (Å²) in [5, 5.41) is 3.55. The van der Waals surface area contributed by atoms with Crippen LogP contribution in [-0.4, -0.2) is 21.1 Å². The molecule has 28 heavy (non-hydrogen) atoms. The summed E-state index contributed by atoms with van der Waals surface area (Å²) < 4.78 is 2.39. The Morgan fingerprint density at radius 1 is 1.18 bits per heavy atom. The van der Waals surface area contributed by atoms with E-state index < -0.39 is 11.2 Å². The van der Waals surface area contributed by atoms with Gasteiger partial charge < -0.3 is 5.32 Å². The fraction of sp³-hybridized carbons (Fsp3) is 0.286. The molecule has 7 heteroatoms. The standard InChI is InChI=1S/C21H22ClN3O3/c1-4-14(3)23-19(26)12-24-18-11-15(22)8-9-17(18)20(27)25(21(24)28)16-7-5-6-13(2)10-16/h5-11,14H,4,12H2,1-3H3,(H,23,26). The van der Waals surface area contributed by atoms with Gasteiger partial charge in [0.05, 0.1) is 16.6 Å². The third-order valence-electron chi connectivity index (χ3n) is 4.69. The van der Waals surface area contributed by atoms with Crippen LogP contribution in [-0.2, 0) is 11.3 Å². The monoisotopic (exact) mass is 399 g/mol. The number of carbonyl (C=O) groups excluding carboxylic acids is 1. The summed E-state index contributed by atoms with van der Waals surface area (Å²) in [4.78, 5) is 38.7. The van der Waals surface area contributed by atoms with E-state index in [1.165, 1.54) is 10.6 Å². The molecule has 0 fully saturated rings. The summed E-state index contributed by atoms with van der Waals surface area (Å²) in [5.74, 6) is -0.299. The average Bonchev–Trinajstić information content (AvgIpc) is 2.65. The molecular formula is C21H22ClN3O3. The van der Waals surface area contributed by atoms with Gasteiger partial charge in [-0.05, 0) is 56.2 Å². The number of fused-ring (bicyclic) bond motifs is 1. The van der Waals surface area contributed by atoms with Gasteiger partial charge in [-0.1, -0.05) is 30.7 Å². The first-order valence-electron chi connectivity index (χ1n) is 9.13. The van der Waals surface area contributed by atoms with Crippen LogP contribution in [0.3, 0.4) is 0 Å². The Kier molecular flexibility index (Phi) is 5.70. The van der Waals surface area contributed by atoms with Gasteiger partial charge in [0, 0.05) is 11.1 Å². The Morgan fingerprint density at radius 2 is 1.93 bits per heavy atom. The number of aromatic nitrogens is 2. The number of aryl methyl sites for hydroxylation is 1. The molecule has 0 spiro atoms. The van der Waals surface area contributed by atoms with Crippen molar-refractivity contribution in [1.29, 1.82) is 0 Å². The van der Waals surface area contributed by atoms with Crippen LogP contribution in [0.1, 0.15) is 25.8 Å². The van der Waals surface area contributed by atoms with Gasteiger partial charge in [0.1, 0.15) is 6.54 Å². The Hall–Kier alpha value is -2.86. The molecule has 0 aliphatic rings. The van der Waals surface area contributed by atoms with Gasteiger partial charge in [0.2, 0.25) is 5.91 Å². The van der Waals surface area contributed by atoms with E-state index in [0.29, 0.717) is 21.6 Å². The minimum absolute atomic E-state index is 0.0132. The van der Waals surface area contributed by atoms with Crippen LogP contribution in [0.4, 0.5) is 0 Å². The Labute approximate surface area is 167 Å². The molecule has 0 bridgehead atoms. The summed E-state index contributed by atoms with van der Waals surface area (Å²) in [6, 6.07) is 11.8. The Bertz CT molecular complexity index is 1160. The lowest BCUT2D eigenvalue weighted by Gasteiger charge is -2.16. The third-order valence-corrected chi connectivity index (χ3v) is 4.92. The number of nitrogens with one attached hydrogen (secondary N) is 1. The van der Waals surface area contributed by atoms with Crippen LogP contribution in [0.25, 0.3) is 16.6 Å². The first-order valence-corrected chi connectivity index (χ1v) is 9.51. The predicted molar refractivity (Wildman–Crippen MR) is 111 cm³/mol. The summed E-state index contributed by atoms with van der Waals surface area (Å²) in [5.41, 5.74) is 0.695. The molecule has 1 heterocycles. The molecule has 0 aliphatic heterocycles. The lowest BCUT2D eigenvalue weighted by atomic mass is 10.2. The fourth-order valence-corrected chi connectivity index (χ4v) is 3.22. The van der Waals surface area contributed by atoms with Crippen molar-refractivity contribution in [2.24, 2.45) is 0 Å². The van der Waals surface area contributed by atoms with Crippen LogP contribution in [0.2, 0.25) is 5.02 Å². The lowest BCUT2D eigenvalue weighted by Crippen LogP contribution is -2.43. The number of benzene rings is 2. The number of halogens is 1. The van der Waals surface area contributed by atoms with Crippen molar-refractivity contribution in [2.45, 2.75) is 39.8 Å². The van der Waals surface area contributed by atoms with Crippen molar-refractivity contribution in [3.63, 3.8) is 0 Å². The van der Waals surface area contributed by atoms with Crippen molar-refractivity contribution in [1.82, 2.24) is 14.5 Å². The number of amides is 1. The molecule has 0 aliphatic carbocycles. The zero-order chi connectivity index (χ0) is 20.4. The van der Waals surface area contributed by atoms with Gasteiger partial charge in [0.25, 0.3) is 5.56 Å². The molecule has 1 atom stereocenters. The molecule has 6 nitrogen and oxygen atoms in total. The van der Waals surface area contributed by atoms with Crippen molar-refractivity contribution < 1.29 is 4.79 Å². The predicted octanol–water partition coefficient (Wildman–Crippen LogP) is 3.03. The fourth-order valence-electron chi connectivity index (χ4n) is 3.05. The molecule has 1 unspecified atom stereocenters. The molecule has 0 radical (unpaired) electrons. The second-order valence-corrected chi connectivity index (χ2v) is 7.32. The SMILES string of the molecule is CCC(C)NC(=O)Cn1c(=O)n(-c2cccc(C)c2)c(=O)c2ccc(Cl)cc21. The first-order chi connectivity index (χ1) is 13.3. The van der Waals surface area contributed by atoms with Gasteiger partial charge in [-0.25, -0.2) is 9.36 Å². The summed E-state index contributed by atoms with van der Waals surface area (Å²) in [6.07, 6.45) is 0.774. The summed E-state index contributed by atoms with van der Waals surface area (Å²) >= 11 is 6.09. The van der Waals surface area contributed by atoms with Crippen LogP contribution in [0, 0.1) is 6.92 Å². The van der Waals surface area contributed by atoms with Crippen LogP contribution in [0.15, 0.2) is 52.1 Å². The lowest BCUT2D eigenvalue weighted by molar-refractivity contribution is -0.122. The minimum Gasteiger partial charge on any atom is -0.352 e. The smallest absolute Gasteiger partial charge is 0.336 e. The normalized spacial score (nSPS) is 12.1. The zero-order valence-corrected chi connectivity index (χ0v) is 16.8. The van der Waals surface area contributed by atoms with Crippen molar-refractivity contribution >= 4 is 28.4 Å². The number of nitrogens with zero attached hydrogens (tertiary/aromatic N) is 2. The largest absolute Gasteiger partial charge is 0.352 e. The molecule has 1 aromatic heterocycles. The average molecular weight is 400 g/mol. The molecule has 0 saturated carbocycles. The quantitative estimate of drug-likeness (QED) is 0.716. The highest BCUT2D eigenvalue weighted by Crippen LogP contribution is 2.17. The van der Waals surface area contributed by atoms with Crippen LogP contribution < -0.4 is 16.6 Å². The summed E-state index contributed by atoms with van der Waals surface area (Å²) in [6.45, 7) is 5.53. The minimum atomic E-state index is -0.579. The van der Waals surface area contributed by atoms with Crippen molar-refractivity contribution in [3.8, 4) is 5.69 Å². The molecule has 1 N–H and O–H groups in total. The zero-order valence-electron chi connectivity index (χ0n) is 16.0. The van der Waals surface area contributed by atoms with Crippen molar-refractivity contribution in [2.75, 3.05) is 0 Å². The highest BCUT2D eigenvalue weighted by molar-refractivity contribution is 6.31. The maximum Gasteiger partial charge on any atom is 0.336 e. The molecule has 3 rings (SSSR count). The van der Waals surface area contributed by atoms with Crippen LogP contribution in [0.5, 0.6) is 0 Å². The Balaban J connectivity index is 2.26. The van der Waals surface area contributed by atoms with E-state index in [-0.39, 0.29) is 18.5 Å². The van der Waals surface area contributed by atoms with E-state index in [9.17, 15) is 14.4 Å². The van der Waals surface area contributed by atoms with Crippen LogP contribution >= 0.6 is 11.6 Å². The number of hydrogen-bond donors (Lipinski definition) is 1. The molecule has 146 valence electrons. The van der Waals surface area contributed by atoms with E-state index in [4.69, 9.17) is 11.6 Å². The summed E-state index contributed by atoms with van der Waals surface area (Å²) in [7, 11) is 0. The van der Waals surface area contributed by atoms with E-state index in [1.807, 2.05) is 26.8 Å². The second-order valence-electron chi connectivity index (χ2n) is 6.89. The van der Waals surface area contributed by atoms with Gasteiger partial charge in [-0.2, -0.15) is 0 Å². The Morgan fingerprint density at radius 3 is 2.61 bits per heavy atom. The topological polar surface area (TPSA) is 73.1 Å². The molecular weight excluding hydrogens is 378 g/mol. The molecule has 1 amide bonds. The molecule has 2 aromatic carbocycles. The van der Waals surface area contributed by atoms with Gasteiger partial charge in [0.15, 0.2) is 0 Å². The first kappa shape index (κ1) is 19.9. The number of hydrogen-bond acceptors (Lipinski definition) is 3. The highest BCUT2D eigenvalue weighted by atomic mass is 35.5. The highest BCUT2D eigenvalue weighted by Gasteiger charge is 2.17. The van der Waals surface area contributed by atoms with E-state index in [1.54, 1.807) is 30.3 Å². The molecule has 3 aromatic rings. The van der Waals surface area contributed by atoms with E-state index in [0.717, 1.165) is 16.6 Å². The van der Waals surface area contributed by atoms with Crippen molar-refractivity contribution in [3.05, 3.63) is 73.9 Å². The number of rotatable bonds is 5. The molecule has 0 saturated heterocycles. The van der Waals surface area contributed by atoms with Gasteiger partial charge in [-0.3, -0.25) is 14.2 Å². The maximum absolute atomic E-state index is 13.2.